The first-order chi connectivity index (χ1) is 10.2. The maximum absolute atomic E-state index is 13.0. The van der Waals surface area contributed by atoms with Crippen molar-refractivity contribution in [2.75, 3.05) is 25.2 Å². The van der Waals surface area contributed by atoms with Gasteiger partial charge in [0.1, 0.15) is 11.6 Å². The van der Waals surface area contributed by atoms with Crippen LogP contribution >= 0.6 is 0 Å². The lowest BCUT2D eigenvalue weighted by atomic mass is 10.00. The number of hydrogen-bond acceptors (Lipinski definition) is 4. The lowest BCUT2D eigenvalue weighted by Gasteiger charge is -2.22. The van der Waals surface area contributed by atoms with Crippen molar-refractivity contribution in [3.8, 4) is 0 Å². The molecule has 0 bridgehead atoms. The van der Waals surface area contributed by atoms with Gasteiger partial charge in [0.05, 0.1) is 0 Å². The van der Waals surface area contributed by atoms with Gasteiger partial charge in [-0.15, -0.1) is 10.2 Å². The molecule has 0 saturated carbocycles. The zero-order chi connectivity index (χ0) is 14.8. The Morgan fingerprint density at radius 1 is 1.19 bits per heavy atom. The van der Waals surface area contributed by atoms with Crippen LogP contribution in [0.3, 0.4) is 0 Å². The van der Waals surface area contributed by atoms with Crippen LogP contribution in [0.15, 0.2) is 24.3 Å². The van der Waals surface area contributed by atoms with Gasteiger partial charge in [-0.3, -0.25) is 4.57 Å². The summed E-state index contributed by atoms with van der Waals surface area (Å²) in [5, 5.41) is 8.64. The fraction of sp³-hybridized carbons (Fsp3) is 0.467. The maximum atomic E-state index is 13.0. The molecule has 0 N–H and O–H groups in total. The predicted octanol–water partition coefficient (Wildman–Crippen LogP) is 2.62. The molecule has 0 amide bonds. The molecule has 0 unspecified atom stereocenters. The lowest BCUT2D eigenvalue weighted by molar-refractivity contribution is 0.0830. The number of aromatic nitrogens is 3. The van der Waals surface area contributed by atoms with Crippen LogP contribution in [0, 0.1) is 5.82 Å². The number of hydrogen-bond donors (Lipinski definition) is 0. The Morgan fingerprint density at radius 2 is 1.86 bits per heavy atom. The second-order valence-electron chi connectivity index (χ2n) is 5.34. The first kappa shape index (κ1) is 14.0. The van der Waals surface area contributed by atoms with Gasteiger partial charge < -0.3 is 9.64 Å². The summed E-state index contributed by atoms with van der Waals surface area (Å²) >= 11 is 0. The normalized spacial score (nSPS) is 16.1. The molecule has 1 aromatic carbocycles. The average Bonchev–Trinajstić information content (AvgIpc) is 2.90. The van der Waals surface area contributed by atoms with Gasteiger partial charge in [0.15, 0.2) is 0 Å². The van der Waals surface area contributed by atoms with Crippen LogP contribution in [-0.2, 0) is 11.8 Å². The summed E-state index contributed by atoms with van der Waals surface area (Å²) < 4.78 is 20.4. The minimum Gasteiger partial charge on any atom is -0.381 e. The van der Waals surface area contributed by atoms with Gasteiger partial charge >= 0.3 is 0 Å². The molecule has 2 heterocycles. The molecule has 0 atom stereocenters. The minimum absolute atomic E-state index is 0.243. The fourth-order valence-corrected chi connectivity index (χ4v) is 2.72. The van der Waals surface area contributed by atoms with Crippen molar-refractivity contribution >= 4 is 11.6 Å². The van der Waals surface area contributed by atoms with Crippen molar-refractivity contribution in [3.63, 3.8) is 0 Å². The van der Waals surface area contributed by atoms with Crippen molar-refractivity contribution in [1.82, 2.24) is 14.8 Å². The van der Waals surface area contributed by atoms with Gasteiger partial charge in [-0.25, -0.2) is 4.39 Å². The Balaban J connectivity index is 1.85. The molecule has 0 radical (unpaired) electrons. The first-order valence-corrected chi connectivity index (χ1v) is 7.13. The van der Waals surface area contributed by atoms with Gasteiger partial charge in [0.2, 0.25) is 5.95 Å². The number of halogens is 1. The lowest BCUT2D eigenvalue weighted by Crippen LogP contribution is -2.19. The largest absolute Gasteiger partial charge is 0.381 e. The van der Waals surface area contributed by atoms with Crippen molar-refractivity contribution in [2.24, 2.45) is 7.05 Å². The fourth-order valence-electron chi connectivity index (χ4n) is 2.72. The van der Waals surface area contributed by atoms with Gasteiger partial charge in [0.25, 0.3) is 0 Å². The quantitative estimate of drug-likeness (QED) is 0.871. The van der Waals surface area contributed by atoms with Gasteiger partial charge in [-0.1, -0.05) is 0 Å². The molecule has 1 fully saturated rings. The predicted molar refractivity (Wildman–Crippen MR) is 78.3 cm³/mol. The summed E-state index contributed by atoms with van der Waals surface area (Å²) in [6.07, 6.45) is 1.96. The second-order valence-corrected chi connectivity index (χ2v) is 5.34. The number of ether oxygens (including phenoxy) is 1. The van der Waals surface area contributed by atoms with E-state index in [1.807, 2.05) is 23.6 Å². The van der Waals surface area contributed by atoms with Crippen LogP contribution in [0.4, 0.5) is 16.0 Å². The van der Waals surface area contributed by atoms with E-state index in [1.165, 1.54) is 12.1 Å². The standard InChI is InChI=1S/C15H19FN4O/c1-19(13-5-3-12(16)4-6-13)15-18-17-14(20(15)2)11-7-9-21-10-8-11/h3-6,11H,7-10H2,1-2H3. The Bertz CT molecular complexity index is 605. The number of benzene rings is 1. The maximum Gasteiger partial charge on any atom is 0.231 e. The van der Waals surface area contributed by atoms with Crippen molar-refractivity contribution in [1.29, 1.82) is 0 Å². The Morgan fingerprint density at radius 3 is 2.52 bits per heavy atom. The molecule has 21 heavy (non-hydrogen) atoms. The SMILES string of the molecule is CN(c1ccc(F)cc1)c1nnc(C2CCOCC2)n1C. The van der Waals surface area contributed by atoms with Crippen LogP contribution in [-0.4, -0.2) is 35.0 Å². The van der Waals surface area contributed by atoms with Gasteiger partial charge in [-0.2, -0.15) is 0 Å². The molecule has 1 aliphatic heterocycles. The molecule has 112 valence electrons. The van der Waals surface area contributed by atoms with Crippen molar-refractivity contribution < 1.29 is 9.13 Å². The molecule has 6 heteroatoms. The molecule has 1 saturated heterocycles. The molecule has 2 aromatic rings. The Kier molecular flexibility index (Phi) is 3.88. The molecule has 1 aromatic heterocycles. The zero-order valence-electron chi connectivity index (χ0n) is 12.3. The highest BCUT2D eigenvalue weighted by Crippen LogP contribution is 2.29. The van der Waals surface area contributed by atoms with Crippen LogP contribution in [0.25, 0.3) is 0 Å². The highest BCUT2D eigenvalue weighted by atomic mass is 19.1. The van der Waals surface area contributed by atoms with Crippen LogP contribution in [0.5, 0.6) is 0 Å². The summed E-state index contributed by atoms with van der Waals surface area (Å²) in [5.41, 5.74) is 0.880. The molecule has 0 aliphatic carbocycles. The smallest absolute Gasteiger partial charge is 0.231 e. The van der Waals surface area contributed by atoms with Crippen molar-refractivity contribution in [3.05, 3.63) is 35.9 Å². The minimum atomic E-state index is -0.243. The van der Waals surface area contributed by atoms with E-state index in [2.05, 4.69) is 10.2 Å². The first-order valence-electron chi connectivity index (χ1n) is 7.13. The average molecular weight is 290 g/mol. The van der Waals surface area contributed by atoms with Crippen LogP contribution in [0.1, 0.15) is 24.6 Å². The molecule has 5 nitrogen and oxygen atoms in total. The highest BCUT2D eigenvalue weighted by molar-refractivity contribution is 5.56. The molecule has 0 spiro atoms. The summed E-state index contributed by atoms with van der Waals surface area (Å²) in [7, 11) is 3.88. The Hall–Kier alpha value is -1.95. The summed E-state index contributed by atoms with van der Waals surface area (Å²) in [5.74, 6) is 1.89. The number of nitrogens with zero attached hydrogens (tertiary/aromatic N) is 4. The third-order valence-electron chi connectivity index (χ3n) is 3.99. The molecule has 3 rings (SSSR count). The topological polar surface area (TPSA) is 43.2 Å². The molecular formula is C15H19FN4O. The number of rotatable bonds is 3. The van der Waals surface area contributed by atoms with Crippen LogP contribution in [0.2, 0.25) is 0 Å². The van der Waals surface area contributed by atoms with E-state index in [-0.39, 0.29) is 5.82 Å². The van der Waals surface area contributed by atoms with E-state index in [1.54, 1.807) is 12.1 Å². The molecule has 1 aliphatic rings. The third kappa shape index (κ3) is 2.76. The third-order valence-corrected chi connectivity index (χ3v) is 3.99. The molecular weight excluding hydrogens is 271 g/mol. The van der Waals surface area contributed by atoms with E-state index >= 15 is 0 Å². The number of anilines is 2. The zero-order valence-corrected chi connectivity index (χ0v) is 12.3. The van der Waals surface area contributed by atoms with E-state index in [0.29, 0.717) is 5.92 Å². The van der Waals surface area contributed by atoms with Gasteiger partial charge in [0, 0.05) is 38.9 Å². The summed E-state index contributed by atoms with van der Waals surface area (Å²) in [6, 6.07) is 6.36. The second kappa shape index (κ2) is 5.81. The van der Waals surface area contributed by atoms with Gasteiger partial charge in [-0.05, 0) is 37.1 Å². The van der Waals surface area contributed by atoms with E-state index < -0.39 is 0 Å². The monoisotopic (exact) mass is 290 g/mol. The Labute approximate surface area is 123 Å². The van der Waals surface area contributed by atoms with E-state index in [9.17, 15) is 4.39 Å². The summed E-state index contributed by atoms with van der Waals surface area (Å²) in [4.78, 5) is 1.91. The summed E-state index contributed by atoms with van der Waals surface area (Å²) in [6.45, 7) is 1.56. The van der Waals surface area contributed by atoms with E-state index in [4.69, 9.17) is 4.74 Å². The van der Waals surface area contributed by atoms with Crippen LogP contribution < -0.4 is 4.90 Å². The highest BCUT2D eigenvalue weighted by Gasteiger charge is 2.23. The van der Waals surface area contributed by atoms with E-state index in [0.717, 1.165) is 43.5 Å². The van der Waals surface area contributed by atoms with Crippen molar-refractivity contribution in [2.45, 2.75) is 18.8 Å².